The van der Waals surface area contributed by atoms with Gasteiger partial charge in [-0.15, -0.1) is 0 Å². The molecule has 0 unspecified atom stereocenters. The van der Waals surface area contributed by atoms with Gasteiger partial charge in [0.05, 0.1) is 0 Å². The highest BCUT2D eigenvalue weighted by molar-refractivity contribution is 5.66. The van der Waals surface area contributed by atoms with Gasteiger partial charge >= 0.3 is 5.97 Å². The number of unbranched alkanes of at least 4 members (excludes halogenated alkanes) is 2. The van der Waals surface area contributed by atoms with E-state index in [0.29, 0.717) is 6.42 Å². The van der Waals surface area contributed by atoms with E-state index in [9.17, 15) is 9.18 Å². The highest BCUT2D eigenvalue weighted by Crippen LogP contribution is 2.13. The van der Waals surface area contributed by atoms with Crippen LogP contribution in [-0.4, -0.2) is 17.6 Å². The number of hydrogen-bond acceptors (Lipinski definition) is 2. The second-order valence-corrected chi connectivity index (χ2v) is 4.44. The van der Waals surface area contributed by atoms with Gasteiger partial charge in [-0.1, -0.05) is 18.6 Å². The normalized spacial score (nSPS) is 12.3. The molecule has 0 amide bonds. The Hall–Kier alpha value is -1.42. The maximum Gasteiger partial charge on any atom is 0.303 e. The molecule has 1 rings (SSSR count). The molecule has 0 aliphatic carbocycles. The topological polar surface area (TPSA) is 49.3 Å². The molecule has 0 heterocycles. The number of aliphatic carboxylic acids is 1. The first-order valence-corrected chi connectivity index (χ1v) is 6.30. The lowest BCUT2D eigenvalue weighted by Crippen LogP contribution is -2.19. The Morgan fingerprint density at radius 3 is 2.83 bits per heavy atom. The zero-order valence-electron chi connectivity index (χ0n) is 10.7. The standard InChI is InChI=1S/C14H20FNO2/c1-11(12-6-5-7-13(15)10-12)16-9-4-2-3-8-14(17)18/h5-7,10-11,16H,2-4,8-9H2,1H3,(H,17,18)/t11-/m0/s1. The van der Waals surface area contributed by atoms with E-state index in [1.807, 2.05) is 13.0 Å². The Morgan fingerprint density at radius 1 is 1.39 bits per heavy atom. The molecule has 0 aromatic heterocycles. The van der Waals surface area contributed by atoms with Crippen LogP contribution >= 0.6 is 0 Å². The fraction of sp³-hybridized carbons (Fsp3) is 0.500. The number of rotatable bonds is 8. The molecular formula is C14H20FNO2. The molecule has 2 N–H and O–H groups in total. The van der Waals surface area contributed by atoms with Crippen LogP contribution in [0, 0.1) is 5.82 Å². The maximum absolute atomic E-state index is 13.0. The first-order valence-electron chi connectivity index (χ1n) is 6.30. The number of benzene rings is 1. The number of carboxylic acids is 1. The van der Waals surface area contributed by atoms with Crippen LogP contribution in [0.2, 0.25) is 0 Å². The number of carbonyl (C=O) groups is 1. The Kier molecular flexibility index (Phi) is 6.36. The Labute approximate surface area is 107 Å². The molecule has 3 nitrogen and oxygen atoms in total. The molecule has 0 aliphatic rings. The third-order valence-corrected chi connectivity index (χ3v) is 2.87. The SMILES string of the molecule is C[C@H](NCCCCCC(=O)O)c1cccc(F)c1. The quantitative estimate of drug-likeness (QED) is 0.700. The predicted molar refractivity (Wildman–Crippen MR) is 68.9 cm³/mol. The molecule has 0 saturated carbocycles. The van der Waals surface area contributed by atoms with Crippen molar-refractivity contribution >= 4 is 5.97 Å². The molecule has 0 bridgehead atoms. The highest BCUT2D eigenvalue weighted by atomic mass is 19.1. The molecule has 0 fully saturated rings. The van der Waals surface area contributed by atoms with E-state index in [-0.39, 0.29) is 18.3 Å². The molecule has 100 valence electrons. The summed E-state index contributed by atoms with van der Waals surface area (Å²) in [5.74, 6) is -0.960. The summed E-state index contributed by atoms with van der Waals surface area (Å²) >= 11 is 0. The van der Waals surface area contributed by atoms with Gasteiger partial charge in [0.1, 0.15) is 5.82 Å². The van der Waals surface area contributed by atoms with Gasteiger partial charge in [-0.2, -0.15) is 0 Å². The number of halogens is 1. The van der Waals surface area contributed by atoms with Crippen molar-refractivity contribution in [3.63, 3.8) is 0 Å². The van der Waals surface area contributed by atoms with Crippen molar-refractivity contribution in [2.24, 2.45) is 0 Å². The largest absolute Gasteiger partial charge is 0.481 e. The summed E-state index contributed by atoms with van der Waals surface area (Å²) in [6.07, 6.45) is 2.78. The fourth-order valence-electron chi connectivity index (χ4n) is 1.79. The van der Waals surface area contributed by atoms with Crippen LogP contribution in [0.25, 0.3) is 0 Å². The van der Waals surface area contributed by atoms with Crippen molar-refractivity contribution in [1.29, 1.82) is 0 Å². The van der Waals surface area contributed by atoms with E-state index in [1.54, 1.807) is 6.07 Å². The molecule has 1 atom stereocenters. The van der Waals surface area contributed by atoms with Crippen LogP contribution in [0.3, 0.4) is 0 Å². The van der Waals surface area contributed by atoms with Gasteiger partial charge in [0.25, 0.3) is 0 Å². The van der Waals surface area contributed by atoms with Crippen molar-refractivity contribution in [1.82, 2.24) is 5.32 Å². The van der Waals surface area contributed by atoms with E-state index in [1.165, 1.54) is 12.1 Å². The van der Waals surface area contributed by atoms with E-state index in [2.05, 4.69) is 5.32 Å². The summed E-state index contributed by atoms with van der Waals surface area (Å²) in [5, 5.41) is 11.8. The molecule has 1 aromatic carbocycles. The summed E-state index contributed by atoms with van der Waals surface area (Å²) in [7, 11) is 0. The third-order valence-electron chi connectivity index (χ3n) is 2.87. The average molecular weight is 253 g/mol. The lowest BCUT2D eigenvalue weighted by molar-refractivity contribution is -0.137. The smallest absolute Gasteiger partial charge is 0.303 e. The lowest BCUT2D eigenvalue weighted by atomic mass is 10.1. The summed E-state index contributed by atoms with van der Waals surface area (Å²) in [6, 6.07) is 6.67. The molecule has 18 heavy (non-hydrogen) atoms. The van der Waals surface area contributed by atoms with Crippen molar-refractivity contribution in [3.8, 4) is 0 Å². The van der Waals surface area contributed by atoms with Gasteiger partial charge in [0.2, 0.25) is 0 Å². The second kappa shape index (κ2) is 7.82. The number of hydrogen-bond donors (Lipinski definition) is 2. The van der Waals surface area contributed by atoms with Crippen LogP contribution in [-0.2, 0) is 4.79 Å². The predicted octanol–water partition coefficient (Wildman–Crippen LogP) is 3.12. The van der Waals surface area contributed by atoms with Crippen molar-refractivity contribution in [2.75, 3.05) is 6.54 Å². The third kappa shape index (κ3) is 5.77. The summed E-state index contributed by atoms with van der Waals surface area (Å²) < 4.78 is 13.0. The van der Waals surface area contributed by atoms with Crippen molar-refractivity contribution in [2.45, 2.75) is 38.6 Å². The van der Waals surface area contributed by atoms with Gasteiger partial charge in [-0.05, 0) is 44.0 Å². The average Bonchev–Trinajstić information content (AvgIpc) is 2.33. The van der Waals surface area contributed by atoms with Crippen LogP contribution in [0.4, 0.5) is 4.39 Å². The summed E-state index contributed by atoms with van der Waals surface area (Å²) in [5.41, 5.74) is 0.931. The van der Waals surface area contributed by atoms with Gasteiger partial charge in [-0.25, -0.2) is 4.39 Å². The maximum atomic E-state index is 13.0. The van der Waals surface area contributed by atoms with Gasteiger partial charge < -0.3 is 10.4 Å². The Bertz CT molecular complexity index is 382. The van der Waals surface area contributed by atoms with Crippen LogP contribution < -0.4 is 5.32 Å². The van der Waals surface area contributed by atoms with Crippen LogP contribution in [0.1, 0.15) is 44.2 Å². The van der Waals surface area contributed by atoms with E-state index < -0.39 is 5.97 Å². The molecule has 0 spiro atoms. The monoisotopic (exact) mass is 253 g/mol. The van der Waals surface area contributed by atoms with Crippen molar-refractivity contribution in [3.05, 3.63) is 35.6 Å². The first kappa shape index (κ1) is 14.6. The number of nitrogens with one attached hydrogen (secondary N) is 1. The van der Waals surface area contributed by atoms with E-state index >= 15 is 0 Å². The zero-order chi connectivity index (χ0) is 13.4. The minimum absolute atomic E-state index is 0.111. The fourth-order valence-corrected chi connectivity index (χ4v) is 1.79. The highest BCUT2D eigenvalue weighted by Gasteiger charge is 2.05. The first-order chi connectivity index (χ1) is 8.59. The van der Waals surface area contributed by atoms with E-state index in [4.69, 9.17) is 5.11 Å². The Balaban J connectivity index is 2.17. The molecule has 4 heteroatoms. The number of carboxylic acid groups (broad SMARTS) is 1. The van der Waals surface area contributed by atoms with Crippen molar-refractivity contribution < 1.29 is 14.3 Å². The summed E-state index contributed by atoms with van der Waals surface area (Å²) in [4.78, 5) is 10.3. The second-order valence-electron chi connectivity index (χ2n) is 4.44. The molecule has 1 aromatic rings. The van der Waals surface area contributed by atoms with Gasteiger partial charge in [0, 0.05) is 12.5 Å². The summed E-state index contributed by atoms with van der Waals surface area (Å²) in [6.45, 7) is 2.81. The van der Waals surface area contributed by atoms with Gasteiger partial charge in [0.15, 0.2) is 0 Å². The van der Waals surface area contributed by atoms with Crippen LogP contribution in [0.15, 0.2) is 24.3 Å². The minimum atomic E-state index is -0.740. The Morgan fingerprint density at radius 2 is 2.17 bits per heavy atom. The van der Waals surface area contributed by atoms with E-state index in [0.717, 1.165) is 24.9 Å². The lowest BCUT2D eigenvalue weighted by Gasteiger charge is -2.14. The minimum Gasteiger partial charge on any atom is -0.481 e. The molecule has 0 saturated heterocycles. The zero-order valence-corrected chi connectivity index (χ0v) is 10.7. The molecular weight excluding hydrogens is 233 g/mol. The molecule has 0 radical (unpaired) electrons. The van der Waals surface area contributed by atoms with Gasteiger partial charge in [-0.3, -0.25) is 4.79 Å². The van der Waals surface area contributed by atoms with Crippen LogP contribution in [0.5, 0.6) is 0 Å². The molecule has 0 aliphatic heterocycles.